The first-order valence-electron chi connectivity index (χ1n) is 8.86. The van der Waals surface area contributed by atoms with E-state index in [-0.39, 0.29) is 11.9 Å². The van der Waals surface area contributed by atoms with Gasteiger partial charge in [0, 0.05) is 11.8 Å². The summed E-state index contributed by atoms with van der Waals surface area (Å²) in [5.41, 5.74) is 3.94. The number of benzene rings is 1. The lowest BCUT2D eigenvalue weighted by Crippen LogP contribution is -2.23. The van der Waals surface area contributed by atoms with Crippen molar-refractivity contribution in [1.82, 2.24) is 19.7 Å². The van der Waals surface area contributed by atoms with Gasteiger partial charge in [-0.25, -0.2) is 14.6 Å². The zero-order chi connectivity index (χ0) is 18.1. The number of nitrogens with one attached hydrogen (secondary N) is 1. The standard InChI is InChI=1S/C20H21N5O/c1-13-12-22-25(18-9-5-7-15-6-3-4-8-16(15)18)19(13)24-20(26)17-10-11-21-14(2)23-17/h3-4,6,8,10-12,18H,5,7,9H2,1-2H3,(H,24,26)/t18-/m0/s1. The Kier molecular flexibility index (Phi) is 4.24. The van der Waals surface area contributed by atoms with Crippen molar-refractivity contribution in [1.29, 1.82) is 0 Å². The third-order valence-corrected chi connectivity index (χ3v) is 4.85. The zero-order valence-corrected chi connectivity index (χ0v) is 14.9. The second-order valence-corrected chi connectivity index (χ2v) is 6.67. The topological polar surface area (TPSA) is 72.7 Å². The minimum atomic E-state index is -0.246. The minimum absolute atomic E-state index is 0.135. The molecule has 2 heterocycles. The molecule has 26 heavy (non-hydrogen) atoms. The molecule has 6 nitrogen and oxygen atoms in total. The molecule has 2 aromatic heterocycles. The van der Waals surface area contributed by atoms with Crippen molar-refractivity contribution in [3.8, 4) is 0 Å². The van der Waals surface area contributed by atoms with E-state index < -0.39 is 0 Å². The van der Waals surface area contributed by atoms with Crippen LogP contribution in [0.1, 0.15) is 51.9 Å². The highest BCUT2D eigenvalue weighted by molar-refractivity contribution is 6.02. The van der Waals surface area contributed by atoms with Gasteiger partial charge < -0.3 is 5.32 Å². The molecule has 0 aliphatic heterocycles. The Morgan fingerprint density at radius 1 is 1.23 bits per heavy atom. The van der Waals surface area contributed by atoms with E-state index in [0.717, 1.165) is 30.6 Å². The van der Waals surface area contributed by atoms with Crippen LogP contribution in [0.4, 0.5) is 5.82 Å². The van der Waals surface area contributed by atoms with Crippen molar-refractivity contribution >= 4 is 11.7 Å². The predicted octanol–water partition coefficient (Wildman–Crippen LogP) is 3.47. The number of aromatic nitrogens is 4. The summed E-state index contributed by atoms with van der Waals surface area (Å²) >= 11 is 0. The van der Waals surface area contributed by atoms with Crippen LogP contribution in [-0.2, 0) is 6.42 Å². The summed E-state index contributed by atoms with van der Waals surface area (Å²) in [6.45, 7) is 3.73. The number of hydrogen-bond donors (Lipinski definition) is 1. The summed E-state index contributed by atoms with van der Waals surface area (Å²) in [4.78, 5) is 20.9. The van der Waals surface area contributed by atoms with E-state index in [1.807, 2.05) is 11.6 Å². The monoisotopic (exact) mass is 347 g/mol. The van der Waals surface area contributed by atoms with E-state index in [2.05, 4.69) is 44.6 Å². The van der Waals surface area contributed by atoms with Crippen LogP contribution in [0.15, 0.2) is 42.7 Å². The zero-order valence-electron chi connectivity index (χ0n) is 14.9. The van der Waals surface area contributed by atoms with Crippen molar-refractivity contribution in [2.45, 2.75) is 39.2 Å². The molecule has 1 atom stereocenters. The molecule has 0 spiro atoms. The normalized spacial score (nSPS) is 16.2. The summed E-state index contributed by atoms with van der Waals surface area (Å²) in [7, 11) is 0. The molecular weight excluding hydrogens is 326 g/mol. The third-order valence-electron chi connectivity index (χ3n) is 4.85. The number of hydrogen-bond acceptors (Lipinski definition) is 4. The van der Waals surface area contributed by atoms with Crippen LogP contribution in [0.2, 0.25) is 0 Å². The molecule has 1 N–H and O–H groups in total. The molecular formula is C20H21N5O. The Morgan fingerprint density at radius 2 is 2.08 bits per heavy atom. The summed E-state index contributed by atoms with van der Waals surface area (Å²) in [5.74, 6) is 1.06. The SMILES string of the molecule is Cc1nccc(C(=O)Nc2c(C)cnn2[C@H]2CCCc3ccccc32)n1. The fourth-order valence-corrected chi connectivity index (χ4v) is 3.58. The Labute approximate surface area is 152 Å². The number of anilines is 1. The third kappa shape index (κ3) is 2.98. The summed E-state index contributed by atoms with van der Waals surface area (Å²) in [6.07, 6.45) is 6.61. The van der Waals surface area contributed by atoms with Crippen molar-refractivity contribution < 1.29 is 4.79 Å². The van der Waals surface area contributed by atoms with E-state index in [1.165, 1.54) is 11.1 Å². The molecule has 1 amide bonds. The van der Waals surface area contributed by atoms with Crippen LogP contribution in [0.25, 0.3) is 0 Å². The lowest BCUT2D eigenvalue weighted by Gasteiger charge is -2.27. The van der Waals surface area contributed by atoms with Gasteiger partial charge in [0.1, 0.15) is 17.3 Å². The molecule has 0 saturated heterocycles. The molecule has 0 bridgehead atoms. The highest BCUT2D eigenvalue weighted by Gasteiger charge is 2.25. The van der Waals surface area contributed by atoms with Gasteiger partial charge >= 0.3 is 0 Å². The smallest absolute Gasteiger partial charge is 0.275 e. The molecule has 132 valence electrons. The maximum Gasteiger partial charge on any atom is 0.275 e. The quantitative estimate of drug-likeness (QED) is 0.787. The molecule has 6 heteroatoms. The Bertz CT molecular complexity index is 962. The number of amides is 1. The first kappa shape index (κ1) is 16.4. The molecule has 1 aliphatic rings. The Morgan fingerprint density at radius 3 is 2.92 bits per heavy atom. The number of carbonyl (C=O) groups excluding carboxylic acids is 1. The van der Waals surface area contributed by atoms with Gasteiger partial charge in [0.25, 0.3) is 5.91 Å². The number of rotatable bonds is 3. The average molecular weight is 347 g/mol. The van der Waals surface area contributed by atoms with E-state index in [4.69, 9.17) is 0 Å². The molecule has 0 radical (unpaired) electrons. The molecule has 0 saturated carbocycles. The van der Waals surface area contributed by atoms with E-state index in [9.17, 15) is 4.79 Å². The van der Waals surface area contributed by atoms with Gasteiger partial charge in [-0.05, 0) is 50.3 Å². The summed E-state index contributed by atoms with van der Waals surface area (Å²) in [6, 6.07) is 10.2. The van der Waals surface area contributed by atoms with E-state index in [0.29, 0.717) is 11.5 Å². The molecule has 0 fully saturated rings. The molecule has 3 aromatic rings. The fourth-order valence-electron chi connectivity index (χ4n) is 3.58. The Hall–Kier alpha value is -3.02. The maximum atomic E-state index is 12.7. The fraction of sp³-hybridized carbons (Fsp3) is 0.300. The number of nitrogens with zero attached hydrogens (tertiary/aromatic N) is 4. The lowest BCUT2D eigenvalue weighted by atomic mass is 9.88. The highest BCUT2D eigenvalue weighted by Crippen LogP contribution is 2.35. The van der Waals surface area contributed by atoms with Crippen LogP contribution in [0, 0.1) is 13.8 Å². The molecule has 1 aliphatic carbocycles. The average Bonchev–Trinajstić information content (AvgIpc) is 3.01. The van der Waals surface area contributed by atoms with Gasteiger partial charge in [-0.3, -0.25) is 4.79 Å². The highest BCUT2D eigenvalue weighted by atomic mass is 16.2. The molecule has 4 rings (SSSR count). The van der Waals surface area contributed by atoms with Crippen LogP contribution in [0.3, 0.4) is 0 Å². The number of carbonyl (C=O) groups is 1. The van der Waals surface area contributed by atoms with Crippen molar-refractivity contribution in [3.05, 3.63) is 70.9 Å². The van der Waals surface area contributed by atoms with Gasteiger partial charge in [0.2, 0.25) is 0 Å². The largest absolute Gasteiger partial charge is 0.305 e. The second-order valence-electron chi connectivity index (χ2n) is 6.67. The van der Waals surface area contributed by atoms with Gasteiger partial charge in [-0.15, -0.1) is 0 Å². The number of fused-ring (bicyclic) bond motifs is 1. The molecule has 1 aromatic carbocycles. The van der Waals surface area contributed by atoms with Gasteiger partial charge in [0.15, 0.2) is 0 Å². The van der Waals surface area contributed by atoms with Crippen LogP contribution in [0.5, 0.6) is 0 Å². The van der Waals surface area contributed by atoms with Crippen LogP contribution in [-0.4, -0.2) is 25.7 Å². The summed E-state index contributed by atoms with van der Waals surface area (Å²) < 4.78 is 1.94. The lowest BCUT2D eigenvalue weighted by molar-refractivity contribution is 0.102. The van der Waals surface area contributed by atoms with E-state index >= 15 is 0 Å². The van der Waals surface area contributed by atoms with Gasteiger partial charge in [0.05, 0.1) is 12.2 Å². The summed E-state index contributed by atoms with van der Waals surface area (Å²) in [5, 5.41) is 7.57. The van der Waals surface area contributed by atoms with Crippen LogP contribution >= 0.6 is 0 Å². The van der Waals surface area contributed by atoms with Crippen molar-refractivity contribution in [2.24, 2.45) is 0 Å². The van der Waals surface area contributed by atoms with Gasteiger partial charge in [-0.2, -0.15) is 5.10 Å². The van der Waals surface area contributed by atoms with Gasteiger partial charge in [-0.1, -0.05) is 24.3 Å². The first-order chi connectivity index (χ1) is 12.6. The van der Waals surface area contributed by atoms with E-state index in [1.54, 1.807) is 25.4 Å². The minimum Gasteiger partial charge on any atom is -0.305 e. The predicted molar refractivity (Wildman–Crippen MR) is 99.2 cm³/mol. The second kappa shape index (κ2) is 6.71. The van der Waals surface area contributed by atoms with Crippen molar-refractivity contribution in [2.75, 3.05) is 5.32 Å². The molecule has 0 unspecified atom stereocenters. The van der Waals surface area contributed by atoms with Crippen LogP contribution < -0.4 is 5.32 Å². The first-order valence-corrected chi connectivity index (χ1v) is 8.86. The Balaban J connectivity index is 1.68. The maximum absolute atomic E-state index is 12.7. The number of aryl methyl sites for hydroxylation is 3. The van der Waals surface area contributed by atoms with Crippen molar-refractivity contribution in [3.63, 3.8) is 0 Å².